The summed E-state index contributed by atoms with van der Waals surface area (Å²) >= 11 is 0. The molecule has 1 rings (SSSR count). The number of aliphatic carboxylic acids is 1. The molecular formula is C12H16N4O6. The summed E-state index contributed by atoms with van der Waals surface area (Å²) in [6.45, 7) is 0.387. The third kappa shape index (κ3) is 4.38. The highest BCUT2D eigenvalue weighted by atomic mass is 16.6. The molecule has 1 aromatic rings. The summed E-state index contributed by atoms with van der Waals surface area (Å²) < 4.78 is 0. The van der Waals surface area contributed by atoms with Crippen LogP contribution in [0.2, 0.25) is 0 Å². The number of rotatable bonds is 9. The van der Waals surface area contributed by atoms with Crippen LogP contribution in [-0.4, -0.2) is 33.5 Å². The maximum atomic E-state index is 11.2. The molecule has 10 heteroatoms. The molecule has 0 amide bonds. The summed E-state index contributed by atoms with van der Waals surface area (Å²) in [5.74, 6) is -1.25. The van der Waals surface area contributed by atoms with Crippen LogP contribution in [0.1, 0.15) is 19.3 Å². The summed E-state index contributed by atoms with van der Waals surface area (Å²) in [6.07, 6.45) is 1.22. The maximum Gasteiger partial charge on any atom is 0.326 e. The van der Waals surface area contributed by atoms with Gasteiger partial charge in [0.2, 0.25) is 0 Å². The quantitative estimate of drug-likeness (QED) is 0.351. The Kier molecular flexibility index (Phi) is 6.20. The fourth-order valence-electron chi connectivity index (χ4n) is 1.90. The Hall–Kier alpha value is -2.75. The molecule has 0 unspecified atom stereocenters. The first-order chi connectivity index (χ1) is 10.4. The second-order valence-electron chi connectivity index (χ2n) is 4.51. The predicted molar refractivity (Wildman–Crippen MR) is 77.7 cm³/mol. The van der Waals surface area contributed by atoms with Crippen molar-refractivity contribution in [2.24, 2.45) is 5.73 Å². The van der Waals surface area contributed by atoms with E-state index in [4.69, 9.17) is 10.8 Å². The van der Waals surface area contributed by atoms with Crippen LogP contribution in [0, 0.1) is 20.2 Å². The van der Waals surface area contributed by atoms with Crippen LogP contribution in [-0.2, 0) is 4.79 Å². The van der Waals surface area contributed by atoms with Crippen molar-refractivity contribution in [1.29, 1.82) is 0 Å². The zero-order valence-corrected chi connectivity index (χ0v) is 11.6. The van der Waals surface area contributed by atoms with Gasteiger partial charge in [-0.2, -0.15) is 0 Å². The monoisotopic (exact) mass is 312 g/mol. The van der Waals surface area contributed by atoms with E-state index in [0.29, 0.717) is 19.4 Å². The van der Waals surface area contributed by atoms with Crippen molar-refractivity contribution in [1.82, 2.24) is 0 Å². The first kappa shape index (κ1) is 17.3. The van der Waals surface area contributed by atoms with Crippen molar-refractivity contribution in [2.75, 3.05) is 11.9 Å². The smallest absolute Gasteiger partial charge is 0.326 e. The highest BCUT2D eigenvalue weighted by molar-refractivity contribution is 5.82. The number of nitro groups is 2. The number of unbranched alkanes of at least 4 members (excludes halogenated alkanes) is 1. The molecule has 0 aliphatic carbocycles. The Morgan fingerprint density at radius 1 is 1.23 bits per heavy atom. The average Bonchev–Trinajstić information content (AvgIpc) is 2.45. The topological polar surface area (TPSA) is 162 Å². The third-order valence-corrected chi connectivity index (χ3v) is 2.98. The lowest BCUT2D eigenvalue weighted by atomic mass is 10.1. The Balaban J connectivity index is 3.13. The lowest BCUT2D eigenvalue weighted by Gasteiger charge is -2.15. The number of carboxylic acid groups (broad SMARTS) is 1. The van der Waals surface area contributed by atoms with Crippen molar-refractivity contribution in [3.63, 3.8) is 0 Å². The number of para-hydroxylation sites is 1. The fourth-order valence-corrected chi connectivity index (χ4v) is 1.90. The molecule has 0 heterocycles. The van der Waals surface area contributed by atoms with Gasteiger partial charge in [-0.05, 0) is 31.9 Å². The second-order valence-corrected chi connectivity index (χ2v) is 4.51. The number of hydrogen-bond donors (Lipinski definition) is 3. The van der Waals surface area contributed by atoms with Crippen LogP contribution in [0.5, 0.6) is 0 Å². The minimum atomic E-state index is -1.25. The van der Waals surface area contributed by atoms with Gasteiger partial charge in [-0.15, -0.1) is 0 Å². The molecule has 120 valence electrons. The molecular weight excluding hydrogens is 296 g/mol. The minimum absolute atomic E-state index is 0.149. The highest BCUT2D eigenvalue weighted by Crippen LogP contribution is 2.34. The molecule has 0 fully saturated rings. The summed E-state index contributed by atoms with van der Waals surface area (Å²) in [7, 11) is 0. The molecule has 0 saturated carbocycles. The largest absolute Gasteiger partial charge is 0.480 e. The molecule has 0 spiro atoms. The molecule has 0 saturated heterocycles. The van der Waals surface area contributed by atoms with Crippen LogP contribution in [0.25, 0.3) is 0 Å². The number of nitrogens with two attached hydrogens (primary N) is 1. The number of nitrogens with zero attached hydrogens (tertiary/aromatic N) is 2. The van der Waals surface area contributed by atoms with E-state index in [-0.39, 0.29) is 6.42 Å². The zero-order valence-electron chi connectivity index (χ0n) is 11.6. The maximum absolute atomic E-state index is 11.2. The molecule has 0 aliphatic rings. The number of carboxylic acids is 1. The van der Waals surface area contributed by atoms with E-state index in [1.807, 2.05) is 0 Å². The standard InChI is InChI=1S/C12H16N4O6/c13-7-2-1-4-8(12(17)18)14-11-9(15(19)20)5-3-6-10(11)16(21)22/h3,5-6,8,14H,1-2,4,7,13H2,(H,17,18)/t8-/m0/s1. The van der Waals surface area contributed by atoms with Crippen LogP contribution in [0.15, 0.2) is 18.2 Å². The lowest BCUT2D eigenvalue weighted by Crippen LogP contribution is -2.30. The molecule has 1 atom stereocenters. The lowest BCUT2D eigenvalue weighted by molar-refractivity contribution is -0.392. The normalized spacial score (nSPS) is 11.7. The number of anilines is 1. The van der Waals surface area contributed by atoms with Crippen LogP contribution < -0.4 is 11.1 Å². The third-order valence-electron chi connectivity index (χ3n) is 2.98. The van der Waals surface area contributed by atoms with Gasteiger partial charge in [0.05, 0.1) is 9.85 Å². The van der Waals surface area contributed by atoms with Crippen LogP contribution >= 0.6 is 0 Å². The Morgan fingerprint density at radius 2 is 1.77 bits per heavy atom. The van der Waals surface area contributed by atoms with E-state index < -0.39 is 38.9 Å². The SMILES string of the molecule is NCCCC[C@H](Nc1c([N+](=O)[O-])cccc1[N+](=O)[O-])C(=O)O. The van der Waals surface area contributed by atoms with E-state index in [1.54, 1.807) is 0 Å². The molecule has 0 radical (unpaired) electrons. The van der Waals surface area contributed by atoms with Gasteiger partial charge in [0.1, 0.15) is 6.04 Å². The van der Waals surface area contributed by atoms with Crippen molar-refractivity contribution >= 4 is 23.0 Å². The Labute approximate surface area is 125 Å². The number of nitro benzene ring substituents is 2. The summed E-state index contributed by atoms with van der Waals surface area (Å²) in [4.78, 5) is 31.6. The van der Waals surface area contributed by atoms with Gasteiger partial charge in [-0.1, -0.05) is 0 Å². The number of hydrogen-bond acceptors (Lipinski definition) is 7. The molecule has 10 nitrogen and oxygen atoms in total. The zero-order chi connectivity index (χ0) is 16.7. The first-order valence-electron chi connectivity index (χ1n) is 6.49. The van der Waals surface area contributed by atoms with Gasteiger partial charge < -0.3 is 16.2 Å². The summed E-state index contributed by atoms with van der Waals surface area (Å²) in [5.41, 5.74) is 3.84. The van der Waals surface area contributed by atoms with E-state index in [0.717, 1.165) is 12.1 Å². The van der Waals surface area contributed by atoms with E-state index in [2.05, 4.69) is 5.32 Å². The van der Waals surface area contributed by atoms with Gasteiger partial charge in [0.25, 0.3) is 11.4 Å². The molecule has 0 bridgehead atoms. The Morgan fingerprint density at radius 3 is 2.18 bits per heavy atom. The second kappa shape index (κ2) is 7.88. The van der Waals surface area contributed by atoms with Gasteiger partial charge in [0, 0.05) is 12.1 Å². The minimum Gasteiger partial charge on any atom is -0.480 e. The predicted octanol–water partition coefficient (Wildman–Crippen LogP) is 1.50. The van der Waals surface area contributed by atoms with Crippen LogP contribution in [0.3, 0.4) is 0 Å². The van der Waals surface area contributed by atoms with E-state index >= 15 is 0 Å². The molecule has 4 N–H and O–H groups in total. The van der Waals surface area contributed by atoms with Crippen molar-refractivity contribution in [2.45, 2.75) is 25.3 Å². The van der Waals surface area contributed by atoms with Crippen LogP contribution in [0.4, 0.5) is 17.1 Å². The first-order valence-corrected chi connectivity index (χ1v) is 6.49. The Bertz CT molecular complexity index is 544. The van der Waals surface area contributed by atoms with Gasteiger partial charge >= 0.3 is 5.97 Å². The van der Waals surface area contributed by atoms with E-state index in [9.17, 15) is 25.0 Å². The van der Waals surface area contributed by atoms with Crippen molar-refractivity contribution in [3.05, 3.63) is 38.4 Å². The van der Waals surface area contributed by atoms with Crippen molar-refractivity contribution < 1.29 is 19.7 Å². The van der Waals surface area contributed by atoms with Gasteiger partial charge in [0.15, 0.2) is 5.69 Å². The number of nitrogens with one attached hydrogen (secondary N) is 1. The molecule has 0 aromatic heterocycles. The fraction of sp³-hybridized carbons (Fsp3) is 0.417. The number of carbonyl (C=O) groups is 1. The van der Waals surface area contributed by atoms with E-state index in [1.165, 1.54) is 6.07 Å². The van der Waals surface area contributed by atoms with Crippen molar-refractivity contribution in [3.8, 4) is 0 Å². The summed E-state index contributed by atoms with van der Waals surface area (Å²) in [5, 5.41) is 33.5. The van der Waals surface area contributed by atoms with Gasteiger partial charge in [-0.25, -0.2) is 4.79 Å². The highest BCUT2D eigenvalue weighted by Gasteiger charge is 2.28. The summed E-state index contributed by atoms with van der Waals surface area (Å²) in [6, 6.07) is 2.15. The number of benzene rings is 1. The average molecular weight is 312 g/mol. The molecule has 1 aromatic carbocycles. The molecule has 0 aliphatic heterocycles. The van der Waals surface area contributed by atoms with Gasteiger partial charge in [-0.3, -0.25) is 20.2 Å². The molecule has 22 heavy (non-hydrogen) atoms.